The SMILES string of the molecule is CCc1onc(C)c1NC(=O)C1CCN(Cc2csc(C)n2)CC1. The Hall–Kier alpha value is -1.73. The highest BCUT2D eigenvalue weighted by Gasteiger charge is 2.26. The van der Waals surface area contributed by atoms with E-state index in [0.717, 1.165) is 66.7 Å². The summed E-state index contributed by atoms with van der Waals surface area (Å²) in [6, 6.07) is 0. The van der Waals surface area contributed by atoms with E-state index in [1.807, 2.05) is 20.8 Å². The van der Waals surface area contributed by atoms with E-state index in [-0.39, 0.29) is 11.8 Å². The van der Waals surface area contributed by atoms with Crippen LogP contribution in [0.25, 0.3) is 0 Å². The Bertz CT molecular complexity index is 701. The number of thiazole rings is 1. The van der Waals surface area contributed by atoms with Crippen molar-refractivity contribution in [2.75, 3.05) is 18.4 Å². The molecule has 0 saturated carbocycles. The number of anilines is 1. The van der Waals surface area contributed by atoms with Crippen LogP contribution >= 0.6 is 11.3 Å². The molecule has 3 heterocycles. The summed E-state index contributed by atoms with van der Waals surface area (Å²) >= 11 is 1.69. The van der Waals surface area contributed by atoms with Gasteiger partial charge < -0.3 is 9.84 Å². The lowest BCUT2D eigenvalue weighted by atomic mass is 9.95. The Balaban J connectivity index is 1.52. The van der Waals surface area contributed by atoms with Crippen molar-refractivity contribution in [3.05, 3.63) is 27.5 Å². The predicted molar refractivity (Wildman–Crippen MR) is 94.1 cm³/mol. The Morgan fingerprint density at radius 3 is 2.79 bits per heavy atom. The van der Waals surface area contributed by atoms with Crippen molar-refractivity contribution in [1.29, 1.82) is 0 Å². The number of carbonyl (C=O) groups excluding carboxylic acids is 1. The first-order valence-corrected chi connectivity index (χ1v) is 9.34. The minimum absolute atomic E-state index is 0.0532. The third-order valence-electron chi connectivity index (χ3n) is 4.51. The quantitative estimate of drug-likeness (QED) is 0.899. The molecule has 2 aromatic rings. The van der Waals surface area contributed by atoms with E-state index < -0.39 is 0 Å². The monoisotopic (exact) mass is 348 g/mol. The molecule has 0 bridgehead atoms. The lowest BCUT2D eigenvalue weighted by molar-refractivity contribution is -0.121. The standard InChI is InChI=1S/C17H24N4O2S/c1-4-15-16(11(2)20-23-15)19-17(22)13-5-7-21(8-6-13)9-14-10-24-12(3)18-14/h10,13H,4-9H2,1-3H3,(H,19,22). The zero-order valence-electron chi connectivity index (χ0n) is 14.5. The number of aromatic nitrogens is 2. The number of piperidine rings is 1. The molecule has 0 radical (unpaired) electrons. The fourth-order valence-corrected chi connectivity index (χ4v) is 3.71. The van der Waals surface area contributed by atoms with Crippen LogP contribution in [-0.2, 0) is 17.8 Å². The number of rotatable bonds is 5. The fourth-order valence-electron chi connectivity index (χ4n) is 3.11. The van der Waals surface area contributed by atoms with Crippen LogP contribution in [-0.4, -0.2) is 34.0 Å². The molecule has 1 aliphatic rings. The molecule has 0 atom stereocenters. The number of aryl methyl sites for hydroxylation is 3. The molecule has 0 unspecified atom stereocenters. The second kappa shape index (κ2) is 7.44. The molecule has 7 heteroatoms. The van der Waals surface area contributed by atoms with Gasteiger partial charge in [-0.1, -0.05) is 12.1 Å². The van der Waals surface area contributed by atoms with Gasteiger partial charge in [0.2, 0.25) is 5.91 Å². The van der Waals surface area contributed by atoms with Gasteiger partial charge in [0.25, 0.3) is 0 Å². The van der Waals surface area contributed by atoms with Gasteiger partial charge in [0.1, 0.15) is 11.4 Å². The lowest BCUT2D eigenvalue weighted by Crippen LogP contribution is -2.38. The van der Waals surface area contributed by atoms with Crippen molar-refractivity contribution in [3.63, 3.8) is 0 Å². The van der Waals surface area contributed by atoms with Crippen molar-refractivity contribution in [1.82, 2.24) is 15.0 Å². The summed E-state index contributed by atoms with van der Waals surface area (Å²) in [5.41, 5.74) is 2.63. The largest absolute Gasteiger partial charge is 0.359 e. The summed E-state index contributed by atoms with van der Waals surface area (Å²) in [4.78, 5) is 19.4. The maximum atomic E-state index is 12.5. The number of nitrogens with zero attached hydrogens (tertiary/aromatic N) is 3. The molecule has 6 nitrogen and oxygen atoms in total. The highest BCUT2D eigenvalue weighted by Crippen LogP contribution is 2.25. The van der Waals surface area contributed by atoms with Crippen LogP contribution in [0.3, 0.4) is 0 Å². The molecular weight excluding hydrogens is 324 g/mol. The fraction of sp³-hybridized carbons (Fsp3) is 0.588. The van der Waals surface area contributed by atoms with Gasteiger partial charge in [-0.3, -0.25) is 9.69 Å². The third-order valence-corrected chi connectivity index (χ3v) is 5.34. The summed E-state index contributed by atoms with van der Waals surface area (Å²) in [7, 11) is 0. The van der Waals surface area contributed by atoms with Crippen LogP contribution in [0.2, 0.25) is 0 Å². The van der Waals surface area contributed by atoms with E-state index in [0.29, 0.717) is 0 Å². The zero-order chi connectivity index (χ0) is 17.1. The van der Waals surface area contributed by atoms with E-state index in [9.17, 15) is 4.79 Å². The second-order valence-electron chi connectivity index (χ2n) is 6.32. The molecule has 0 aliphatic carbocycles. The van der Waals surface area contributed by atoms with Gasteiger partial charge in [0.15, 0.2) is 5.76 Å². The lowest BCUT2D eigenvalue weighted by Gasteiger charge is -2.30. The molecule has 2 aromatic heterocycles. The Morgan fingerprint density at radius 2 is 2.17 bits per heavy atom. The number of hydrogen-bond acceptors (Lipinski definition) is 6. The average molecular weight is 348 g/mol. The van der Waals surface area contributed by atoms with Gasteiger partial charge in [-0.15, -0.1) is 11.3 Å². The summed E-state index contributed by atoms with van der Waals surface area (Å²) in [5, 5.41) is 10.2. The minimum atomic E-state index is 0.0532. The maximum absolute atomic E-state index is 12.5. The molecule has 1 amide bonds. The Morgan fingerprint density at radius 1 is 1.42 bits per heavy atom. The Labute approximate surface area is 146 Å². The van der Waals surface area contributed by atoms with Crippen molar-refractivity contribution >= 4 is 22.9 Å². The van der Waals surface area contributed by atoms with Crippen molar-refractivity contribution < 1.29 is 9.32 Å². The number of likely N-dealkylation sites (tertiary alicyclic amines) is 1. The van der Waals surface area contributed by atoms with Gasteiger partial charge in [0, 0.05) is 24.3 Å². The zero-order valence-corrected chi connectivity index (χ0v) is 15.3. The summed E-state index contributed by atoms with van der Waals surface area (Å²) < 4.78 is 5.24. The van der Waals surface area contributed by atoms with Crippen molar-refractivity contribution in [2.45, 2.75) is 46.6 Å². The average Bonchev–Trinajstić information content (AvgIpc) is 3.14. The maximum Gasteiger partial charge on any atom is 0.227 e. The smallest absolute Gasteiger partial charge is 0.227 e. The van der Waals surface area contributed by atoms with Crippen molar-refractivity contribution in [3.8, 4) is 0 Å². The van der Waals surface area contributed by atoms with Gasteiger partial charge in [0.05, 0.1) is 10.7 Å². The van der Waals surface area contributed by atoms with E-state index >= 15 is 0 Å². The second-order valence-corrected chi connectivity index (χ2v) is 7.38. The normalized spacial score (nSPS) is 16.5. The summed E-state index contributed by atoms with van der Waals surface area (Å²) in [5.74, 6) is 0.884. The predicted octanol–water partition coefficient (Wildman–Crippen LogP) is 3.16. The van der Waals surface area contributed by atoms with Crippen LogP contribution in [0.1, 0.15) is 41.9 Å². The van der Waals surface area contributed by atoms with Gasteiger partial charge in [-0.25, -0.2) is 4.98 Å². The van der Waals surface area contributed by atoms with Crippen molar-refractivity contribution in [2.24, 2.45) is 5.92 Å². The molecule has 1 fully saturated rings. The molecule has 0 spiro atoms. The van der Waals surface area contributed by atoms with Crippen LogP contribution in [0.4, 0.5) is 5.69 Å². The minimum Gasteiger partial charge on any atom is -0.359 e. The van der Waals surface area contributed by atoms with E-state index in [1.54, 1.807) is 11.3 Å². The first-order valence-electron chi connectivity index (χ1n) is 8.46. The van der Waals surface area contributed by atoms with E-state index in [1.165, 1.54) is 0 Å². The molecule has 1 saturated heterocycles. The molecular formula is C17H24N4O2S. The number of hydrogen-bond donors (Lipinski definition) is 1. The highest BCUT2D eigenvalue weighted by atomic mass is 32.1. The van der Waals surface area contributed by atoms with Gasteiger partial charge in [-0.05, 0) is 39.8 Å². The van der Waals surface area contributed by atoms with Crippen LogP contribution < -0.4 is 5.32 Å². The summed E-state index contributed by atoms with van der Waals surface area (Å²) in [6.45, 7) is 8.62. The molecule has 24 heavy (non-hydrogen) atoms. The number of nitrogens with one attached hydrogen (secondary N) is 1. The highest BCUT2D eigenvalue weighted by molar-refractivity contribution is 7.09. The van der Waals surface area contributed by atoms with Crippen LogP contribution in [0.15, 0.2) is 9.90 Å². The van der Waals surface area contributed by atoms with E-state index in [4.69, 9.17) is 4.52 Å². The first kappa shape index (κ1) is 17.1. The van der Waals surface area contributed by atoms with Crippen LogP contribution in [0, 0.1) is 19.8 Å². The third kappa shape index (κ3) is 3.84. The number of amides is 1. The Kier molecular flexibility index (Phi) is 5.30. The molecule has 0 aromatic carbocycles. The molecule has 3 rings (SSSR count). The topological polar surface area (TPSA) is 71.3 Å². The van der Waals surface area contributed by atoms with E-state index in [2.05, 4.69) is 25.7 Å². The molecule has 1 N–H and O–H groups in total. The summed E-state index contributed by atoms with van der Waals surface area (Å²) in [6.07, 6.45) is 2.48. The molecule has 1 aliphatic heterocycles. The first-order chi connectivity index (χ1) is 11.6. The van der Waals surface area contributed by atoms with Gasteiger partial charge >= 0.3 is 0 Å². The number of carbonyl (C=O) groups is 1. The van der Waals surface area contributed by atoms with Gasteiger partial charge in [-0.2, -0.15) is 0 Å². The van der Waals surface area contributed by atoms with Crippen LogP contribution in [0.5, 0.6) is 0 Å². The molecule has 130 valence electrons.